The van der Waals surface area contributed by atoms with E-state index in [1.54, 1.807) is 25.3 Å². The first-order valence-corrected chi connectivity index (χ1v) is 9.20. The van der Waals surface area contributed by atoms with Gasteiger partial charge in [-0.3, -0.25) is 4.79 Å². The topological polar surface area (TPSA) is 91.1 Å². The van der Waals surface area contributed by atoms with Crippen LogP contribution < -0.4 is 20.9 Å². The van der Waals surface area contributed by atoms with Crippen LogP contribution >= 0.6 is 0 Å². The number of benzene rings is 2. The van der Waals surface area contributed by atoms with Gasteiger partial charge in [0.1, 0.15) is 23.4 Å². The minimum absolute atomic E-state index is 0.121. The monoisotopic (exact) mass is 383 g/mol. The summed E-state index contributed by atoms with van der Waals surface area (Å²) in [6.07, 6.45) is 1.07. The van der Waals surface area contributed by atoms with Gasteiger partial charge in [-0.2, -0.15) is 0 Å². The molecule has 0 radical (unpaired) electrons. The number of aromatic nitrogens is 2. The number of aromatic amines is 1. The number of methoxy groups -OCH3 is 1. The first-order valence-electron chi connectivity index (χ1n) is 9.20. The van der Waals surface area contributed by atoms with Crippen molar-refractivity contribution >= 4 is 16.9 Å². The largest absolute Gasteiger partial charge is 0.497 e. The lowest BCUT2D eigenvalue weighted by molar-refractivity contribution is -0.122. The molecular weight excluding hydrogens is 361 g/mol. The molecular formula is C20H22FN5O2. The van der Waals surface area contributed by atoms with E-state index in [-0.39, 0.29) is 17.8 Å². The molecule has 0 bridgehead atoms. The van der Waals surface area contributed by atoms with Gasteiger partial charge in [0.2, 0.25) is 5.91 Å². The molecule has 1 saturated heterocycles. The molecule has 2 heterocycles. The summed E-state index contributed by atoms with van der Waals surface area (Å²) in [5.41, 5.74) is 8.26. The third-order valence-electron chi connectivity index (χ3n) is 4.90. The number of hydrogen-bond donors (Lipinski definition) is 4. The van der Waals surface area contributed by atoms with Crippen molar-refractivity contribution in [2.24, 2.45) is 0 Å². The molecule has 4 N–H and O–H groups in total. The molecule has 1 aliphatic rings. The van der Waals surface area contributed by atoms with E-state index < -0.39 is 6.04 Å². The molecule has 1 fully saturated rings. The van der Waals surface area contributed by atoms with Gasteiger partial charge in [0, 0.05) is 24.6 Å². The lowest BCUT2D eigenvalue weighted by atomic mass is 10.0. The van der Waals surface area contributed by atoms with E-state index in [1.165, 1.54) is 6.07 Å². The third kappa shape index (κ3) is 3.83. The van der Waals surface area contributed by atoms with Crippen LogP contribution in [0.15, 0.2) is 42.5 Å². The summed E-state index contributed by atoms with van der Waals surface area (Å²) in [5, 5.41) is 2.91. The van der Waals surface area contributed by atoms with Gasteiger partial charge < -0.3 is 15.0 Å². The molecule has 1 amide bonds. The molecule has 28 heavy (non-hydrogen) atoms. The minimum atomic E-state index is -0.412. The van der Waals surface area contributed by atoms with Crippen LogP contribution in [0.3, 0.4) is 0 Å². The van der Waals surface area contributed by atoms with E-state index in [2.05, 4.69) is 26.1 Å². The van der Waals surface area contributed by atoms with Gasteiger partial charge in [-0.15, -0.1) is 0 Å². The number of H-pyrrole nitrogens is 1. The zero-order chi connectivity index (χ0) is 19.5. The molecule has 2 unspecified atom stereocenters. The molecule has 1 aromatic heterocycles. The van der Waals surface area contributed by atoms with Crippen molar-refractivity contribution in [3.63, 3.8) is 0 Å². The number of carbonyl (C=O) groups is 1. The van der Waals surface area contributed by atoms with Gasteiger partial charge >= 0.3 is 0 Å². The van der Waals surface area contributed by atoms with Crippen LogP contribution in [0.1, 0.15) is 23.9 Å². The Morgan fingerprint density at radius 3 is 2.96 bits per heavy atom. The highest BCUT2D eigenvalue weighted by Gasteiger charge is 2.31. The Balaban J connectivity index is 1.30. The predicted molar refractivity (Wildman–Crippen MR) is 103 cm³/mol. The van der Waals surface area contributed by atoms with Crippen molar-refractivity contribution < 1.29 is 13.9 Å². The highest BCUT2D eigenvalue weighted by Crippen LogP contribution is 2.24. The highest BCUT2D eigenvalue weighted by molar-refractivity contribution is 5.82. The van der Waals surface area contributed by atoms with E-state index in [9.17, 15) is 9.18 Å². The lowest BCUT2D eigenvalue weighted by Gasteiger charge is -2.11. The number of ether oxygens (including phenoxy) is 1. The van der Waals surface area contributed by atoms with E-state index >= 15 is 0 Å². The molecule has 0 saturated carbocycles. The fourth-order valence-corrected chi connectivity index (χ4v) is 3.40. The van der Waals surface area contributed by atoms with E-state index in [1.807, 2.05) is 18.2 Å². The summed E-state index contributed by atoms with van der Waals surface area (Å²) in [6.45, 7) is 0.457. The van der Waals surface area contributed by atoms with Crippen molar-refractivity contribution in [2.75, 3.05) is 13.7 Å². The van der Waals surface area contributed by atoms with Gasteiger partial charge in [0.15, 0.2) is 0 Å². The second kappa shape index (κ2) is 7.95. The van der Waals surface area contributed by atoms with Gasteiger partial charge in [0.05, 0.1) is 24.2 Å². The number of nitrogens with zero attached hydrogens (tertiary/aromatic N) is 1. The normalized spacial score (nSPS) is 19.1. The maximum atomic E-state index is 13.9. The Morgan fingerprint density at radius 2 is 2.14 bits per heavy atom. The molecule has 1 aliphatic heterocycles. The molecule has 4 rings (SSSR count). The number of carbonyl (C=O) groups excluding carboxylic acids is 1. The van der Waals surface area contributed by atoms with Crippen LogP contribution in [-0.2, 0) is 11.2 Å². The number of amides is 1. The number of hydrogen-bond acceptors (Lipinski definition) is 5. The highest BCUT2D eigenvalue weighted by atomic mass is 19.1. The zero-order valence-electron chi connectivity index (χ0n) is 15.5. The van der Waals surface area contributed by atoms with Crippen LogP contribution in [0.25, 0.3) is 11.0 Å². The van der Waals surface area contributed by atoms with Crippen molar-refractivity contribution in [2.45, 2.75) is 24.9 Å². The van der Waals surface area contributed by atoms with E-state index in [0.29, 0.717) is 24.9 Å². The molecule has 3 aromatic rings. The van der Waals surface area contributed by atoms with Crippen molar-refractivity contribution in [1.82, 2.24) is 26.1 Å². The van der Waals surface area contributed by atoms with Crippen molar-refractivity contribution in [3.8, 4) is 5.75 Å². The van der Waals surface area contributed by atoms with E-state index in [4.69, 9.17) is 4.74 Å². The maximum absolute atomic E-state index is 13.9. The summed E-state index contributed by atoms with van der Waals surface area (Å²) in [6, 6.07) is 11.6. The number of fused-ring (bicyclic) bond motifs is 1. The maximum Gasteiger partial charge on any atom is 0.238 e. The first-order chi connectivity index (χ1) is 13.6. The Bertz CT molecular complexity index is 990. The Labute approximate surface area is 161 Å². The van der Waals surface area contributed by atoms with Crippen LogP contribution in [0.4, 0.5) is 4.39 Å². The third-order valence-corrected chi connectivity index (χ3v) is 4.90. The van der Waals surface area contributed by atoms with Crippen LogP contribution in [0.2, 0.25) is 0 Å². The fourth-order valence-electron chi connectivity index (χ4n) is 3.40. The Hall–Kier alpha value is -2.97. The van der Waals surface area contributed by atoms with Crippen LogP contribution in [-0.4, -0.2) is 35.6 Å². The van der Waals surface area contributed by atoms with Crippen molar-refractivity contribution in [3.05, 3.63) is 59.7 Å². The Morgan fingerprint density at radius 1 is 1.29 bits per heavy atom. The molecule has 146 valence electrons. The summed E-state index contributed by atoms with van der Waals surface area (Å²) in [7, 11) is 1.62. The number of imidazole rings is 1. The van der Waals surface area contributed by atoms with Gasteiger partial charge in [-0.05, 0) is 24.6 Å². The SMILES string of the molecule is COc1ccc2nc(CCNC(=O)C3CC(c4ccccc4F)NN3)[nH]c2c1. The van der Waals surface area contributed by atoms with E-state index in [0.717, 1.165) is 22.6 Å². The van der Waals surface area contributed by atoms with Crippen molar-refractivity contribution in [1.29, 1.82) is 0 Å². The zero-order valence-corrected chi connectivity index (χ0v) is 15.5. The minimum Gasteiger partial charge on any atom is -0.497 e. The molecule has 2 aromatic carbocycles. The van der Waals surface area contributed by atoms with Crippen LogP contribution in [0.5, 0.6) is 5.75 Å². The standard InChI is InChI=1S/C20H22FN5O2/c1-28-12-6-7-15-17(10-12)24-19(23-15)8-9-22-20(27)18-11-16(25-26-18)13-4-2-3-5-14(13)21/h2-7,10,16,18,25-26H,8-9,11H2,1H3,(H,22,27)(H,23,24). The Kier molecular flexibility index (Phi) is 5.23. The number of halogens is 1. The molecule has 2 atom stereocenters. The second-order valence-electron chi connectivity index (χ2n) is 6.76. The number of rotatable bonds is 6. The fraction of sp³-hybridized carbons (Fsp3) is 0.300. The smallest absolute Gasteiger partial charge is 0.238 e. The van der Waals surface area contributed by atoms with Crippen LogP contribution in [0, 0.1) is 5.82 Å². The summed E-state index contributed by atoms with van der Waals surface area (Å²) in [4.78, 5) is 20.1. The first kappa shape index (κ1) is 18.4. The molecule has 7 nitrogen and oxygen atoms in total. The summed E-state index contributed by atoms with van der Waals surface area (Å²) in [5.74, 6) is 1.17. The number of hydrazine groups is 1. The van der Waals surface area contributed by atoms with Gasteiger partial charge in [-0.25, -0.2) is 20.2 Å². The molecule has 0 spiro atoms. The second-order valence-corrected chi connectivity index (χ2v) is 6.76. The number of nitrogens with one attached hydrogen (secondary N) is 4. The average Bonchev–Trinajstić information content (AvgIpc) is 3.34. The molecule has 8 heteroatoms. The van der Waals surface area contributed by atoms with Gasteiger partial charge in [-0.1, -0.05) is 18.2 Å². The predicted octanol–water partition coefficient (Wildman–Crippen LogP) is 1.98. The molecule has 0 aliphatic carbocycles. The van der Waals surface area contributed by atoms with Gasteiger partial charge in [0.25, 0.3) is 0 Å². The quantitative estimate of drug-likeness (QED) is 0.523. The average molecular weight is 383 g/mol. The summed E-state index contributed by atoms with van der Waals surface area (Å²) >= 11 is 0. The lowest BCUT2D eigenvalue weighted by Crippen LogP contribution is -2.43. The summed E-state index contributed by atoms with van der Waals surface area (Å²) < 4.78 is 19.1.